The number of benzene rings is 1. The Morgan fingerprint density at radius 1 is 1.19 bits per heavy atom. The van der Waals surface area contributed by atoms with E-state index in [1.165, 1.54) is 0 Å². The predicted molar refractivity (Wildman–Crippen MR) is 65.2 cm³/mol. The molecule has 1 aliphatic heterocycles. The van der Waals surface area contributed by atoms with Crippen molar-refractivity contribution in [2.24, 2.45) is 0 Å². The van der Waals surface area contributed by atoms with Crippen LogP contribution in [0.5, 0.6) is 0 Å². The maximum absolute atomic E-state index is 12.2. The largest absolute Gasteiger partial charge is 0.337 e. The van der Waals surface area contributed by atoms with E-state index in [9.17, 15) is 4.79 Å². The molecule has 1 aromatic carbocycles. The van der Waals surface area contributed by atoms with Gasteiger partial charge in [-0.25, -0.2) is 0 Å². The number of rotatable bonds is 2. The predicted octanol–water partition coefficient (Wildman–Crippen LogP) is 2.63. The van der Waals surface area contributed by atoms with Crippen molar-refractivity contribution >= 4 is 5.91 Å². The standard InChI is InChI=1S/C14H19NO/c1-11-8-9-12(2)15(11)14(16)10-13-6-4-3-5-7-13/h3-7,11-12H,8-10H2,1-2H3/t11-,12-/m0/s1. The van der Waals surface area contributed by atoms with Crippen molar-refractivity contribution in [3.63, 3.8) is 0 Å². The number of amides is 1. The topological polar surface area (TPSA) is 20.3 Å². The lowest BCUT2D eigenvalue weighted by Gasteiger charge is -2.26. The molecule has 1 saturated heterocycles. The molecule has 0 unspecified atom stereocenters. The third kappa shape index (κ3) is 2.26. The summed E-state index contributed by atoms with van der Waals surface area (Å²) in [6.07, 6.45) is 2.82. The first-order valence-electron chi connectivity index (χ1n) is 6.03. The molecule has 2 heteroatoms. The zero-order valence-corrected chi connectivity index (χ0v) is 10.0. The van der Waals surface area contributed by atoms with Crippen LogP contribution >= 0.6 is 0 Å². The van der Waals surface area contributed by atoms with Crippen LogP contribution in [0.2, 0.25) is 0 Å². The molecule has 0 saturated carbocycles. The van der Waals surface area contributed by atoms with Gasteiger partial charge in [0.25, 0.3) is 0 Å². The summed E-state index contributed by atoms with van der Waals surface area (Å²) >= 11 is 0. The Balaban J connectivity index is 2.03. The molecule has 0 radical (unpaired) electrons. The van der Waals surface area contributed by atoms with Crippen LogP contribution in [-0.4, -0.2) is 22.9 Å². The van der Waals surface area contributed by atoms with E-state index in [-0.39, 0.29) is 5.91 Å². The summed E-state index contributed by atoms with van der Waals surface area (Å²) in [7, 11) is 0. The van der Waals surface area contributed by atoms with Crippen molar-refractivity contribution < 1.29 is 4.79 Å². The van der Waals surface area contributed by atoms with E-state index in [0.717, 1.165) is 18.4 Å². The van der Waals surface area contributed by atoms with E-state index in [4.69, 9.17) is 0 Å². The lowest BCUT2D eigenvalue weighted by molar-refractivity contribution is -0.132. The molecule has 2 nitrogen and oxygen atoms in total. The second kappa shape index (κ2) is 4.69. The summed E-state index contributed by atoms with van der Waals surface area (Å²) in [5, 5.41) is 0. The highest BCUT2D eigenvalue weighted by Gasteiger charge is 2.30. The van der Waals surface area contributed by atoms with Crippen molar-refractivity contribution in [2.75, 3.05) is 0 Å². The van der Waals surface area contributed by atoms with Gasteiger partial charge in [0.1, 0.15) is 0 Å². The zero-order valence-electron chi connectivity index (χ0n) is 10.0. The Kier molecular flexibility index (Phi) is 3.28. The first-order chi connectivity index (χ1) is 7.68. The van der Waals surface area contributed by atoms with Crippen LogP contribution in [0.1, 0.15) is 32.3 Å². The van der Waals surface area contributed by atoms with Crippen LogP contribution in [0.15, 0.2) is 30.3 Å². The highest BCUT2D eigenvalue weighted by molar-refractivity contribution is 5.79. The highest BCUT2D eigenvalue weighted by Crippen LogP contribution is 2.24. The normalized spacial score (nSPS) is 24.8. The highest BCUT2D eigenvalue weighted by atomic mass is 16.2. The first kappa shape index (κ1) is 11.2. The van der Waals surface area contributed by atoms with Crippen LogP contribution < -0.4 is 0 Å². The minimum atomic E-state index is 0.267. The van der Waals surface area contributed by atoms with Gasteiger partial charge >= 0.3 is 0 Å². The van der Waals surface area contributed by atoms with Crippen LogP contribution in [0.4, 0.5) is 0 Å². The smallest absolute Gasteiger partial charge is 0.227 e. The van der Waals surface area contributed by atoms with Crippen LogP contribution in [-0.2, 0) is 11.2 Å². The van der Waals surface area contributed by atoms with Gasteiger partial charge < -0.3 is 4.90 Å². The number of hydrogen-bond donors (Lipinski definition) is 0. The van der Waals surface area contributed by atoms with Gasteiger partial charge in [-0.15, -0.1) is 0 Å². The Morgan fingerprint density at radius 2 is 1.75 bits per heavy atom. The summed E-state index contributed by atoms with van der Waals surface area (Å²) in [6, 6.07) is 10.8. The van der Waals surface area contributed by atoms with Crippen molar-refractivity contribution in [2.45, 2.75) is 45.2 Å². The Hall–Kier alpha value is -1.31. The van der Waals surface area contributed by atoms with Crippen molar-refractivity contribution in [1.29, 1.82) is 0 Å². The van der Waals surface area contributed by atoms with Gasteiger partial charge in [-0.05, 0) is 32.3 Å². The van der Waals surface area contributed by atoms with E-state index in [2.05, 4.69) is 13.8 Å². The van der Waals surface area contributed by atoms with Gasteiger partial charge in [0, 0.05) is 12.1 Å². The zero-order chi connectivity index (χ0) is 11.5. The van der Waals surface area contributed by atoms with E-state index in [1.807, 2.05) is 35.2 Å². The van der Waals surface area contributed by atoms with E-state index >= 15 is 0 Å². The van der Waals surface area contributed by atoms with Crippen LogP contribution in [0, 0.1) is 0 Å². The maximum Gasteiger partial charge on any atom is 0.227 e. The second-order valence-corrected chi connectivity index (χ2v) is 4.74. The molecule has 2 rings (SSSR count). The maximum atomic E-state index is 12.2. The molecule has 0 aromatic heterocycles. The summed E-state index contributed by atoms with van der Waals surface area (Å²) in [5.41, 5.74) is 1.11. The van der Waals surface area contributed by atoms with Crippen molar-refractivity contribution in [3.05, 3.63) is 35.9 Å². The van der Waals surface area contributed by atoms with Gasteiger partial charge in [0.05, 0.1) is 6.42 Å². The van der Waals surface area contributed by atoms with Gasteiger partial charge in [-0.2, -0.15) is 0 Å². The number of nitrogens with zero attached hydrogens (tertiary/aromatic N) is 1. The van der Waals surface area contributed by atoms with E-state index < -0.39 is 0 Å². The molecule has 0 bridgehead atoms. The average molecular weight is 217 g/mol. The molecular weight excluding hydrogens is 198 g/mol. The lowest BCUT2D eigenvalue weighted by Crippen LogP contribution is -2.39. The fourth-order valence-electron chi connectivity index (χ4n) is 2.55. The molecule has 86 valence electrons. The molecule has 1 fully saturated rings. The van der Waals surface area contributed by atoms with E-state index in [1.54, 1.807) is 0 Å². The Labute approximate surface area is 97.3 Å². The molecule has 0 aliphatic carbocycles. The van der Waals surface area contributed by atoms with Crippen molar-refractivity contribution in [1.82, 2.24) is 4.90 Å². The van der Waals surface area contributed by atoms with Gasteiger partial charge in [0.2, 0.25) is 5.91 Å². The number of likely N-dealkylation sites (tertiary alicyclic amines) is 1. The summed E-state index contributed by atoms with van der Waals surface area (Å²) in [6.45, 7) is 4.29. The van der Waals surface area contributed by atoms with Crippen LogP contribution in [0.25, 0.3) is 0 Å². The molecule has 1 aromatic rings. The SMILES string of the molecule is C[C@H]1CC[C@H](C)N1C(=O)Cc1ccccc1. The second-order valence-electron chi connectivity index (χ2n) is 4.74. The first-order valence-corrected chi connectivity index (χ1v) is 6.03. The third-order valence-corrected chi connectivity index (χ3v) is 3.44. The molecule has 16 heavy (non-hydrogen) atoms. The summed E-state index contributed by atoms with van der Waals surface area (Å²) in [4.78, 5) is 14.2. The fourth-order valence-corrected chi connectivity index (χ4v) is 2.55. The summed E-state index contributed by atoms with van der Waals surface area (Å²) < 4.78 is 0. The fraction of sp³-hybridized carbons (Fsp3) is 0.500. The molecule has 1 heterocycles. The molecule has 0 N–H and O–H groups in total. The minimum Gasteiger partial charge on any atom is -0.337 e. The van der Waals surface area contributed by atoms with E-state index in [0.29, 0.717) is 18.5 Å². The van der Waals surface area contributed by atoms with Crippen LogP contribution in [0.3, 0.4) is 0 Å². The average Bonchev–Trinajstić information content (AvgIpc) is 2.60. The summed E-state index contributed by atoms with van der Waals surface area (Å²) in [5.74, 6) is 0.267. The monoisotopic (exact) mass is 217 g/mol. The van der Waals surface area contributed by atoms with Crippen molar-refractivity contribution in [3.8, 4) is 0 Å². The Morgan fingerprint density at radius 3 is 2.31 bits per heavy atom. The lowest BCUT2D eigenvalue weighted by atomic mass is 10.1. The quantitative estimate of drug-likeness (QED) is 0.745. The molecule has 2 atom stereocenters. The molecule has 0 spiro atoms. The number of carbonyl (C=O) groups excluding carboxylic acids is 1. The van der Waals surface area contributed by atoms with Gasteiger partial charge in [0.15, 0.2) is 0 Å². The van der Waals surface area contributed by atoms with Gasteiger partial charge in [-0.3, -0.25) is 4.79 Å². The molecular formula is C14H19NO. The third-order valence-electron chi connectivity index (χ3n) is 3.44. The Bertz CT molecular complexity index is 350. The van der Waals surface area contributed by atoms with Gasteiger partial charge in [-0.1, -0.05) is 30.3 Å². The minimum absolute atomic E-state index is 0.267. The molecule has 1 amide bonds. The molecule has 1 aliphatic rings. The number of carbonyl (C=O) groups is 1. The number of hydrogen-bond acceptors (Lipinski definition) is 1.